The molecular formula is C30H46FN8O2+. The number of nitrogen functional groups attached to an aromatic ring is 1. The molecular weight excluding hydrogens is 523 g/mol. The molecule has 1 spiro atoms. The smallest absolute Gasteiger partial charge is 0.267 e. The van der Waals surface area contributed by atoms with Crippen molar-refractivity contribution in [2.45, 2.75) is 76.5 Å². The van der Waals surface area contributed by atoms with E-state index < -0.39 is 6.17 Å². The Labute approximate surface area is 242 Å². The highest BCUT2D eigenvalue weighted by Gasteiger charge is 2.46. The fraction of sp³-hybridized carbons (Fsp3) is 0.700. The molecule has 6 heterocycles. The number of rotatable bonds is 4. The number of carbonyl (C=O) groups is 1. The summed E-state index contributed by atoms with van der Waals surface area (Å²) < 4.78 is 23.0. The Bertz CT molecular complexity index is 1180. The molecule has 4 aliphatic rings. The maximum absolute atomic E-state index is 15.2. The van der Waals surface area contributed by atoms with Crippen molar-refractivity contribution in [3.05, 3.63) is 24.0 Å². The summed E-state index contributed by atoms with van der Waals surface area (Å²) >= 11 is 0. The minimum Gasteiger partial charge on any atom is -0.381 e. The average Bonchev–Trinajstić information content (AvgIpc) is 3.61. The van der Waals surface area contributed by atoms with Gasteiger partial charge in [0.1, 0.15) is 6.54 Å². The molecule has 3 fully saturated rings. The minimum absolute atomic E-state index is 0.140. The van der Waals surface area contributed by atoms with Crippen molar-refractivity contribution in [3.8, 4) is 0 Å². The number of fused-ring (bicyclic) bond motifs is 2. The van der Waals surface area contributed by atoms with E-state index in [0.29, 0.717) is 28.3 Å². The van der Waals surface area contributed by atoms with Crippen LogP contribution in [0.3, 0.4) is 0 Å². The van der Waals surface area contributed by atoms with E-state index in [1.54, 1.807) is 17.1 Å². The first-order valence-corrected chi connectivity index (χ1v) is 15.7. The summed E-state index contributed by atoms with van der Waals surface area (Å²) in [7, 11) is 0. The molecule has 0 saturated carbocycles. The second-order valence-corrected chi connectivity index (χ2v) is 12.4. The number of halogens is 1. The molecule has 0 aliphatic carbocycles. The molecule has 2 atom stereocenters. The minimum atomic E-state index is -1.01. The number of nitrogens with two attached hydrogens (primary N) is 1. The molecule has 224 valence electrons. The van der Waals surface area contributed by atoms with Crippen LogP contribution in [-0.4, -0.2) is 96.8 Å². The highest BCUT2D eigenvalue weighted by atomic mass is 19.1. The molecule has 2 aromatic heterocycles. The van der Waals surface area contributed by atoms with Crippen molar-refractivity contribution in [3.63, 3.8) is 0 Å². The molecule has 1 amide bonds. The van der Waals surface area contributed by atoms with E-state index in [9.17, 15) is 4.79 Å². The van der Waals surface area contributed by atoms with Crippen molar-refractivity contribution in [1.29, 1.82) is 0 Å². The van der Waals surface area contributed by atoms with Gasteiger partial charge in [-0.05, 0) is 38.2 Å². The second kappa shape index (κ2) is 12.6. The van der Waals surface area contributed by atoms with Crippen LogP contribution in [0.4, 0.5) is 27.4 Å². The number of alkyl halides is 1. The van der Waals surface area contributed by atoms with Crippen LogP contribution >= 0.6 is 0 Å². The van der Waals surface area contributed by atoms with Crippen LogP contribution in [0.25, 0.3) is 0 Å². The molecule has 10 nitrogen and oxygen atoms in total. The van der Waals surface area contributed by atoms with E-state index in [1.165, 1.54) is 25.7 Å². The summed E-state index contributed by atoms with van der Waals surface area (Å²) in [5, 5.41) is 7.67. The van der Waals surface area contributed by atoms with E-state index in [4.69, 9.17) is 10.5 Å². The topological polar surface area (TPSA) is 102 Å². The number of amides is 1. The van der Waals surface area contributed by atoms with Gasteiger partial charge in [-0.3, -0.25) is 19.2 Å². The SMILES string of the molecule is Nc1nn2c(c1C(=O)Nc1cnccc1N1CCN(C3CCOC3)CC1)[N+]1(CCCCCCCCCC1)CC(F)C2. The molecule has 0 bridgehead atoms. The van der Waals surface area contributed by atoms with Crippen LogP contribution in [0.1, 0.15) is 68.1 Å². The second-order valence-electron chi connectivity index (χ2n) is 12.4. The number of aromatic nitrogens is 3. The number of hydrogen-bond acceptors (Lipinski definition) is 7. The van der Waals surface area contributed by atoms with Gasteiger partial charge < -0.3 is 20.7 Å². The number of hydrogen-bond donors (Lipinski definition) is 2. The Morgan fingerprint density at radius 3 is 2.44 bits per heavy atom. The number of nitrogens with one attached hydrogen (secondary N) is 1. The van der Waals surface area contributed by atoms with Crippen LogP contribution < -0.4 is 20.4 Å². The quantitative estimate of drug-likeness (QED) is 0.540. The zero-order valence-electron chi connectivity index (χ0n) is 24.3. The fourth-order valence-corrected chi connectivity index (χ4v) is 7.49. The molecule has 0 aromatic carbocycles. The maximum atomic E-state index is 15.2. The van der Waals surface area contributed by atoms with Crippen LogP contribution in [-0.2, 0) is 11.3 Å². The first kappa shape index (κ1) is 28.4. The normalized spacial score (nSPS) is 25.9. The third-order valence-electron chi connectivity index (χ3n) is 9.59. The Hall–Kier alpha value is -2.76. The van der Waals surface area contributed by atoms with Crippen molar-refractivity contribution >= 4 is 28.9 Å². The van der Waals surface area contributed by atoms with Crippen molar-refractivity contribution in [2.75, 3.05) is 75.0 Å². The van der Waals surface area contributed by atoms with Gasteiger partial charge in [-0.25, -0.2) is 9.07 Å². The molecule has 41 heavy (non-hydrogen) atoms. The van der Waals surface area contributed by atoms with Gasteiger partial charge in [0.2, 0.25) is 5.82 Å². The Balaban J connectivity index is 1.25. The van der Waals surface area contributed by atoms with Gasteiger partial charge in [0.05, 0.1) is 43.8 Å². The van der Waals surface area contributed by atoms with Gasteiger partial charge in [0.15, 0.2) is 17.6 Å². The van der Waals surface area contributed by atoms with E-state index in [1.807, 2.05) is 6.07 Å². The van der Waals surface area contributed by atoms with Crippen LogP contribution in [0.15, 0.2) is 18.5 Å². The molecule has 0 radical (unpaired) electrons. The molecule has 3 saturated heterocycles. The van der Waals surface area contributed by atoms with E-state index in [2.05, 4.69) is 25.2 Å². The predicted octanol–water partition coefficient (Wildman–Crippen LogP) is 3.82. The van der Waals surface area contributed by atoms with Crippen molar-refractivity contribution in [1.82, 2.24) is 24.1 Å². The molecule has 4 aliphatic heterocycles. The highest BCUT2D eigenvalue weighted by molar-refractivity contribution is 6.11. The van der Waals surface area contributed by atoms with Crippen LogP contribution in [0, 0.1) is 0 Å². The largest absolute Gasteiger partial charge is 0.381 e. The van der Waals surface area contributed by atoms with Gasteiger partial charge in [-0.2, -0.15) is 0 Å². The number of ether oxygens (including phenoxy) is 1. The number of piperazine rings is 1. The molecule has 6 rings (SSSR count). The Morgan fingerprint density at radius 1 is 1.05 bits per heavy atom. The predicted molar refractivity (Wildman–Crippen MR) is 160 cm³/mol. The van der Waals surface area contributed by atoms with Crippen molar-refractivity contribution in [2.24, 2.45) is 0 Å². The highest BCUT2D eigenvalue weighted by Crippen LogP contribution is 2.38. The van der Waals surface area contributed by atoms with Gasteiger partial charge in [-0.15, -0.1) is 5.10 Å². The summed E-state index contributed by atoms with van der Waals surface area (Å²) in [6.07, 6.45) is 12.8. The van der Waals surface area contributed by atoms with Crippen LogP contribution in [0.2, 0.25) is 0 Å². The standard InChI is InChI=1S/C30H45FN8O2/c31-23-20-38-30(39(21-23)16-7-5-3-1-2-4-6-8-17-39)27(28(32)35-38)29(40)34-25-19-33-11-9-26(25)37-14-12-36(13-15-37)24-10-18-41-22-24/h9,11,19,23-24H,1-8,10,12-18,20-22H2,(H2-,32,34,35,40)/p+1. The van der Waals surface area contributed by atoms with Crippen molar-refractivity contribution < 1.29 is 13.9 Å². The monoisotopic (exact) mass is 569 g/mol. The Morgan fingerprint density at radius 2 is 1.76 bits per heavy atom. The first-order valence-electron chi connectivity index (χ1n) is 15.7. The average molecular weight is 570 g/mol. The van der Waals surface area contributed by atoms with E-state index in [-0.39, 0.29) is 18.3 Å². The molecule has 11 heteroatoms. The zero-order valence-corrected chi connectivity index (χ0v) is 24.3. The first-order chi connectivity index (χ1) is 20.0. The third kappa shape index (κ3) is 6.08. The van der Waals surface area contributed by atoms with Gasteiger partial charge in [0, 0.05) is 45.0 Å². The summed E-state index contributed by atoms with van der Waals surface area (Å²) in [4.78, 5) is 23.2. The van der Waals surface area contributed by atoms with Gasteiger partial charge >= 0.3 is 0 Å². The lowest BCUT2D eigenvalue weighted by atomic mass is 10.1. The van der Waals surface area contributed by atoms with Gasteiger partial charge in [0.25, 0.3) is 5.91 Å². The number of pyridine rings is 1. The summed E-state index contributed by atoms with van der Waals surface area (Å²) in [5.41, 5.74) is 8.47. The maximum Gasteiger partial charge on any atom is 0.267 e. The summed E-state index contributed by atoms with van der Waals surface area (Å²) in [6, 6.07) is 2.47. The summed E-state index contributed by atoms with van der Waals surface area (Å²) in [5.74, 6) is 0.672. The zero-order chi connectivity index (χ0) is 28.2. The third-order valence-corrected chi connectivity index (χ3v) is 9.59. The number of carbonyl (C=O) groups excluding carboxylic acids is 1. The lowest BCUT2D eigenvalue weighted by Gasteiger charge is -2.42. The fourth-order valence-electron chi connectivity index (χ4n) is 7.49. The van der Waals surface area contributed by atoms with Crippen LogP contribution in [0.5, 0.6) is 0 Å². The summed E-state index contributed by atoms with van der Waals surface area (Å²) in [6.45, 7) is 7.44. The van der Waals surface area contributed by atoms with E-state index in [0.717, 1.165) is 96.1 Å². The molecule has 2 aromatic rings. The molecule has 3 N–H and O–H groups in total. The van der Waals surface area contributed by atoms with E-state index >= 15 is 4.39 Å². The number of nitrogens with zero attached hydrogens (tertiary/aromatic N) is 6. The Kier molecular flexibility index (Phi) is 8.73. The number of anilines is 3. The van der Waals surface area contributed by atoms with Gasteiger partial charge in [-0.1, -0.05) is 25.7 Å². The number of quaternary nitrogens is 1. The molecule has 2 unspecified atom stereocenters. The lowest BCUT2D eigenvalue weighted by Crippen LogP contribution is -2.59. The lowest BCUT2D eigenvalue weighted by molar-refractivity contribution is 0.101.